The summed E-state index contributed by atoms with van der Waals surface area (Å²) in [4.78, 5) is 37.8. The van der Waals surface area contributed by atoms with Crippen LogP contribution in [0.4, 0.5) is 4.79 Å². The van der Waals surface area contributed by atoms with Crippen LogP contribution in [0.1, 0.15) is 24.8 Å². The molecule has 0 spiro atoms. The number of hydrogen-bond acceptors (Lipinski definition) is 3. The van der Waals surface area contributed by atoms with Crippen LogP contribution in [0.2, 0.25) is 5.02 Å². The van der Waals surface area contributed by atoms with Gasteiger partial charge in [-0.2, -0.15) is 0 Å². The lowest BCUT2D eigenvalue weighted by atomic mass is 9.96. The van der Waals surface area contributed by atoms with E-state index < -0.39 is 6.04 Å². The number of hydrogen-bond donors (Lipinski definition) is 3. The molecule has 3 rings (SSSR count). The number of halogens is 1. The van der Waals surface area contributed by atoms with Crippen LogP contribution in [0.3, 0.4) is 0 Å². The number of piperidine rings is 1. The molecule has 1 aromatic rings. The minimum absolute atomic E-state index is 0.0138. The molecule has 2 aliphatic rings. The Hall–Kier alpha value is -2.28. The maximum atomic E-state index is 12.4. The molecule has 2 saturated heterocycles. The second-order valence-electron chi connectivity index (χ2n) is 6.65. The van der Waals surface area contributed by atoms with Gasteiger partial charge >= 0.3 is 6.03 Å². The Bertz CT molecular complexity index is 689. The molecule has 0 aliphatic carbocycles. The van der Waals surface area contributed by atoms with Gasteiger partial charge in [0, 0.05) is 37.1 Å². The highest BCUT2D eigenvalue weighted by atomic mass is 35.5. The Morgan fingerprint density at radius 3 is 2.58 bits per heavy atom. The first-order chi connectivity index (χ1) is 12.5. The van der Waals surface area contributed by atoms with Gasteiger partial charge in [-0.3, -0.25) is 9.59 Å². The van der Waals surface area contributed by atoms with Crippen LogP contribution in [0, 0.1) is 5.92 Å². The third-order valence-electron chi connectivity index (χ3n) is 4.91. The Morgan fingerprint density at radius 2 is 1.92 bits per heavy atom. The van der Waals surface area contributed by atoms with Crippen LogP contribution in [0.15, 0.2) is 24.3 Å². The minimum atomic E-state index is -0.445. The third-order valence-corrected chi connectivity index (χ3v) is 5.28. The van der Waals surface area contributed by atoms with Gasteiger partial charge in [0.15, 0.2) is 0 Å². The van der Waals surface area contributed by atoms with Crippen LogP contribution in [0.25, 0.3) is 0 Å². The Kier molecular flexibility index (Phi) is 5.98. The molecule has 2 fully saturated rings. The SMILES string of the molecule is O=C(NCc1ccccc1Cl)C1CCN(C(=O)NC2CCNC2=O)CC1. The second kappa shape index (κ2) is 8.40. The van der Waals surface area contributed by atoms with E-state index in [1.54, 1.807) is 11.0 Å². The van der Waals surface area contributed by atoms with Crippen LogP contribution >= 0.6 is 11.6 Å². The normalized spacial score (nSPS) is 20.6. The topological polar surface area (TPSA) is 90.5 Å². The maximum absolute atomic E-state index is 12.4. The fourth-order valence-corrected chi connectivity index (χ4v) is 3.49. The van der Waals surface area contributed by atoms with Gasteiger partial charge < -0.3 is 20.9 Å². The molecule has 8 heteroatoms. The van der Waals surface area contributed by atoms with E-state index in [0.717, 1.165) is 5.56 Å². The zero-order valence-electron chi connectivity index (χ0n) is 14.5. The summed E-state index contributed by atoms with van der Waals surface area (Å²) in [5, 5.41) is 9.01. The first-order valence-electron chi connectivity index (χ1n) is 8.89. The molecule has 2 heterocycles. The Labute approximate surface area is 157 Å². The molecule has 1 aromatic carbocycles. The van der Waals surface area contributed by atoms with E-state index in [-0.39, 0.29) is 23.8 Å². The molecule has 4 amide bonds. The quantitative estimate of drug-likeness (QED) is 0.736. The van der Waals surface area contributed by atoms with Crippen molar-refractivity contribution in [1.29, 1.82) is 0 Å². The fourth-order valence-electron chi connectivity index (χ4n) is 3.29. The summed E-state index contributed by atoms with van der Waals surface area (Å²) in [5.74, 6) is -0.261. The molecular weight excluding hydrogens is 356 g/mol. The molecule has 0 bridgehead atoms. The molecule has 0 aromatic heterocycles. The number of amides is 4. The van der Waals surface area contributed by atoms with Crippen molar-refractivity contribution < 1.29 is 14.4 Å². The summed E-state index contributed by atoms with van der Waals surface area (Å²) in [5.41, 5.74) is 0.883. The number of urea groups is 1. The Balaban J connectivity index is 1.42. The maximum Gasteiger partial charge on any atom is 0.318 e. The lowest BCUT2D eigenvalue weighted by molar-refractivity contribution is -0.126. The highest BCUT2D eigenvalue weighted by Crippen LogP contribution is 2.19. The molecule has 1 unspecified atom stereocenters. The number of carbonyl (C=O) groups is 3. The first kappa shape index (κ1) is 18.5. The summed E-state index contributed by atoms with van der Waals surface area (Å²) >= 11 is 6.10. The van der Waals surface area contributed by atoms with Crippen LogP contribution in [0.5, 0.6) is 0 Å². The van der Waals surface area contributed by atoms with E-state index >= 15 is 0 Å². The van der Waals surface area contributed by atoms with Crippen LogP contribution in [-0.2, 0) is 16.1 Å². The van der Waals surface area contributed by atoms with Crippen molar-refractivity contribution in [3.63, 3.8) is 0 Å². The molecular formula is C18H23ClN4O3. The summed E-state index contributed by atoms with van der Waals surface area (Å²) in [6.07, 6.45) is 1.84. The third kappa shape index (κ3) is 4.46. The number of nitrogens with one attached hydrogen (secondary N) is 3. The predicted molar refractivity (Wildman–Crippen MR) is 97.5 cm³/mol. The van der Waals surface area contributed by atoms with Crippen LogP contribution in [-0.4, -0.2) is 48.4 Å². The first-order valence-corrected chi connectivity index (χ1v) is 9.26. The van der Waals surface area contributed by atoms with Crippen molar-refractivity contribution in [3.05, 3.63) is 34.9 Å². The van der Waals surface area contributed by atoms with Crippen molar-refractivity contribution in [1.82, 2.24) is 20.9 Å². The number of carbonyl (C=O) groups excluding carboxylic acids is 3. The smallest absolute Gasteiger partial charge is 0.318 e. The van der Waals surface area contributed by atoms with E-state index in [2.05, 4.69) is 16.0 Å². The summed E-state index contributed by atoms with van der Waals surface area (Å²) < 4.78 is 0. The lowest BCUT2D eigenvalue weighted by Crippen LogP contribution is -2.50. The van der Waals surface area contributed by atoms with E-state index in [4.69, 9.17) is 11.6 Å². The number of rotatable bonds is 4. The second-order valence-corrected chi connectivity index (χ2v) is 7.06. The minimum Gasteiger partial charge on any atom is -0.354 e. The van der Waals surface area contributed by atoms with Crippen molar-refractivity contribution >= 4 is 29.4 Å². The molecule has 3 N–H and O–H groups in total. The molecule has 1 atom stereocenters. The van der Waals surface area contributed by atoms with Crippen molar-refractivity contribution in [2.45, 2.75) is 31.8 Å². The summed E-state index contributed by atoms with van der Waals surface area (Å²) in [7, 11) is 0. The average Bonchev–Trinajstić information content (AvgIpc) is 3.05. The standard InChI is InChI=1S/C18H23ClN4O3/c19-14-4-2-1-3-13(14)11-21-16(24)12-6-9-23(10-7-12)18(26)22-15-5-8-20-17(15)25/h1-4,12,15H,5-11H2,(H,20,25)(H,21,24)(H,22,26). The van der Waals surface area contributed by atoms with Crippen molar-refractivity contribution in [2.24, 2.45) is 5.92 Å². The molecule has 2 aliphatic heterocycles. The molecule has 0 radical (unpaired) electrons. The van der Waals surface area contributed by atoms with Gasteiger partial charge in [0.2, 0.25) is 11.8 Å². The highest BCUT2D eigenvalue weighted by Gasteiger charge is 2.31. The zero-order chi connectivity index (χ0) is 18.5. The fraction of sp³-hybridized carbons (Fsp3) is 0.500. The Morgan fingerprint density at radius 1 is 1.19 bits per heavy atom. The summed E-state index contributed by atoms with van der Waals surface area (Å²) in [6.45, 7) is 2.00. The number of benzene rings is 1. The molecule has 140 valence electrons. The van der Waals surface area contributed by atoms with E-state index in [0.29, 0.717) is 50.5 Å². The summed E-state index contributed by atoms with van der Waals surface area (Å²) in [6, 6.07) is 6.74. The average molecular weight is 379 g/mol. The predicted octanol–water partition coefficient (Wildman–Crippen LogP) is 1.27. The van der Waals surface area contributed by atoms with Gasteiger partial charge in [-0.1, -0.05) is 29.8 Å². The largest absolute Gasteiger partial charge is 0.354 e. The zero-order valence-corrected chi connectivity index (χ0v) is 15.2. The van der Waals surface area contributed by atoms with Gasteiger partial charge in [0.05, 0.1) is 0 Å². The van der Waals surface area contributed by atoms with Crippen LogP contribution < -0.4 is 16.0 Å². The molecule has 26 heavy (non-hydrogen) atoms. The van der Waals surface area contributed by atoms with Gasteiger partial charge in [0.1, 0.15) is 6.04 Å². The number of likely N-dealkylation sites (tertiary alicyclic amines) is 1. The van der Waals surface area contributed by atoms with Gasteiger partial charge in [-0.15, -0.1) is 0 Å². The monoisotopic (exact) mass is 378 g/mol. The van der Waals surface area contributed by atoms with Crippen molar-refractivity contribution in [2.75, 3.05) is 19.6 Å². The lowest BCUT2D eigenvalue weighted by Gasteiger charge is -2.32. The number of nitrogens with zero attached hydrogens (tertiary/aromatic N) is 1. The highest BCUT2D eigenvalue weighted by molar-refractivity contribution is 6.31. The van der Waals surface area contributed by atoms with E-state index in [1.807, 2.05) is 18.2 Å². The van der Waals surface area contributed by atoms with Gasteiger partial charge in [0.25, 0.3) is 0 Å². The van der Waals surface area contributed by atoms with Gasteiger partial charge in [-0.25, -0.2) is 4.79 Å². The van der Waals surface area contributed by atoms with Gasteiger partial charge in [-0.05, 0) is 30.9 Å². The van der Waals surface area contributed by atoms with E-state index in [1.165, 1.54) is 0 Å². The molecule has 7 nitrogen and oxygen atoms in total. The van der Waals surface area contributed by atoms with Crippen molar-refractivity contribution in [3.8, 4) is 0 Å². The van der Waals surface area contributed by atoms with E-state index in [9.17, 15) is 14.4 Å². The molecule has 0 saturated carbocycles.